The fourth-order valence-electron chi connectivity index (χ4n) is 1.42. The van der Waals surface area contributed by atoms with Crippen LogP contribution in [0.3, 0.4) is 0 Å². The van der Waals surface area contributed by atoms with Crippen molar-refractivity contribution >= 4 is 41.3 Å². The van der Waals surface area contributed by atoms with Gasteiger partial charge in [0.15, 0.2) is 5.96 Å². The van der Waals surface area contributed by atoms with Crippen LogP contribution in [0.4, 0.5) is 0 Å². The molecular formula is C13H23IN4S. The standard InChI is InChI=1S/C13H22N4S.HI/c1-5-8-15-13(14-6-2)16-9-7-12-17-10(3)11(4)18-12;/h5H,1,6-9H2,2-4H3,(H2,14,15,16);1H. The average Bonchev–Trinajstić information content (AvgIpc) is 2.65. The van der Waals surface area contributed by atoms with E-state index in [1.165, 1.54) is 4.88 Å². The van der Waals surface area contributed by atoms with E-state index < -0.39 is 0 Å². The van der Waals surface area contributed by atoms with Crippen LogP contribution in [0.2, 0.25) is 0 Å². The summed E-state index contributed by atoms with van der Waals surface area (Å²) >= 11 is 1.76. The van der Waals surface area contributed by atoms with Gasteiger partial charge in [-0.2, -0.15) is 0 Å². The predicted molar refractivity (Wildman–Crippen MR) is 94.9 cm³/mol. The molecule has 6 heteroatoms. The van der Waals surface area contributed by atoms with Crippen molar-refractivity contribution in [2.24, 2.45) is 4.99 Å². The Morgan fingerprint density at radius 3 is 2.68 bits per heavy atom. The molecule has 0 radical (unpaired) electrons. The molecule has 4 nitrogen and oxygen atoms in total. The number of thiazole rings is 1. The SMILES string of the molecule is C=CCNC(=NCCc1nc(C)c(C)s1)NCC.I. The number of rotatable bonds is 6. The van der Waals surface area contributed by atoms with Crippen molar-refractivity contribution in [3.8, 4) is 0 Å². The summed E-state index contributed by atoms with van der Waals surface area (Å²) in [5.74, 6) is 0.836. The van der Waals surface area contributed by atoms with E-state index in [4.69, 9.17) is 0 Å². The monoisotopic (exact) mass is 394 g/mol. The van der Waals surface area contributed by atoms with Gasteiger partial charge in [-0.15, -0.1) is 41.9 Å². The number of hydrogen-bond donors (Lipinski definition) is 2. The lowest BCUT2D eigenvalue weighted by Crippen LogP contribution is -2.37. The highest BCUT2D eigenvalue weighted by molar-refractivity contribution is 14.0. The number of aryl methyl sites for hydroxylation is 2. The maximum atomic E-state index is 4.51. The fourth-order valence-corrected chi connectivity index (χ4v) is 2.34. The van der Waals surface area contributed by atoms with Gasteiger partial charge in [0, 0.05) is 30.9 Å². The molecule has 2 N–H and O–H groups in total. The van der Waals surface area contributed by atoms with Crippen LogP contribution in [0.5, 0.6) is 0 Å². The Hall–Kier alpha value is -0.630. The highest BCUT2D eigenvalue weighted by atomic mass is 127. The molecule has 19 heavy (non-hydrogen) atoms. The van der Waals surface area contributed by atoms with Crippen LogP contribution in [-0.2, 0) is 6.42 Å². The first-order valence-corrected chi connectivity index (χ1v) is 7.05. The van der Waals surface area contributed by atoms with Gasteiger partial charge >= 0.3 is 0 Å². The number of nitrogens with one attached hydrogen (secondary N) is 2. The molecule has 1 rings (SSSR count). The zero-order valence-electron chi connectivity index (χ0n) is 11.8. The summed E-state index contributed by atoms with van der Waals surface area (Å²) in [4.78, 5) is 10.3. The van der Waals surface area contributed by atoms with Crippen molar-refractivity contribution in [2.45, 2.75) is 27.2 Å². The molecule has 0 atom stereocenters. The number of guanidine groups is 1. The smallest absolute Gasteiger partial charge is 0.191 e. The van der Waals surface area contributed by atoms with Gasteiger partial charge in [0.05, 0.1) is 10.7 Å². The largest absolute Gasteiger partial charge is 0.357 e. The third-order valence-electron chi connectivity index (χ3n) is 2.43. The fraction of sp³-hybridized carbons (Fsp3) is 0.538. The van der Waals surface area contributed by atoms with E-state index in [9.17, 15) is 0 Å². The Kier molecular flexibility index (Phi) is 9.85. The van der Waals surface area contributed by atoms with Crippen molar-refractivity contribution < 1.29 is 0 Å². The molecular weight excluding hydrogens is 371 g/mol. The van der Waals surface area contributed by atoms with Crippen LogP contribution >= 0.6 is 35.3 Å². The van der Waals surface area contributed by atoms with Gasteiger partial charge in [-0.3, -0.25) is 4.99 Å². The van der Waals surface area contributed by atoms with E-state index in [-0.39, 0.29) is 24.0 Å². The van der Waals surface area contributed by atoms with Gasteiger partial charge in [0.25, 0.3) is 0 Å². The topological polar surface area (TPSA) is 49.3 Å². The normalized spacial score (nSPS) is 10.8. The third-order valence-corrected chi connectivity index (χ3v) is 3.56. The Balaban J connectivity index is 0.00000324. The molecule has 0 unspecified atom stereocenters. The van der Waals surface area contributed by atoms with Crippen LogP contribution in [0, 0.1) is 13.8 Å². The van der Waals surface area contributed by atoms with E-state index in [1.807, 2.05) is 13.0 Å². The third kappa shape index (κ3) is 6.91. The van der Waals surface area contributed by atoms with Crippen molar-refractivity contribution in [1.82, 2.24) is 15.6 Å². The lowest BCUT2D eigenvalue weighted by atomic mass is 10.4. The second kappa shape index (κ2) is 10.2. The van der Waals surface area contributed by atoms with Crippen molar-refractivity contribution in [1.29, 1.82) is 0 Å². The van der Waals surface area contributed by atoms with Gasteiger partial charge in [-0.05, 0) is 20.8 Å². The van der Waals surface area contributed by atoms with Gasteiger partial charge in [0.1, 0.15) is 0 Å². The summed E-state index contributed by atoms with van der Waals surface area (Å²) in [5.41, 5.74) is 1.13. The second-order valence-corrected chi connectivity index (χ2v) is 5.22. The first-order valence-electron chi connectivity index (χ1n) is 6.23. The molecule has 0 fully saturated rings. The minimum absolute atomic E-state index is 0. The lowest BCUT2D eigenvalue weighted by Gasteiger charge is -2.08. The molecule has 0 aliphatic carbocycles. The highest BCUT2D eigenvalue weighted by Gasteiger charge is 2.03. The molecule has 0 saturated carbocycles. The molecule has 108 valence electrons. The summed E-state index contributed by atoms with van der Waals surface area (Å²) in [7, 11) is 0. The second-order valence-electron chi connectivity index (χ2n) is 3.93. The molecule has 0 saturated heterocycles. The lowest BCUT2D eigenvalue weighted by molar-refractivity contribution is 0.848. The minimum Gasteiger partial charge on any atom is -0.357 e. The molecule has 0 aliphatic heterocycles. The van der Waals surface area contributed by atoms with Gasteiger partial charge in [0.2, 0.25) is 0 Å². The highest BCUT2D eigenvalue weighted by Crippen LogP contribution is 2.16. The van der Waals surface area contributed by atoms with Crippen LogP contribution in [0.1, 0.15) is 22.5 Å². The molecule has 1 heterocycles. The first-order chi connectivity index (χ1) is 8.67. The van der Waals surface area contributed by atoms with Crippen LogP contribution in [0.25, 0.3) is 0 Å². The van der Waals surface area contributed by atoms with Gasteiger partial charge in [-0.1, -0.05) is 6.08 Å². The summed E-state index contributed by atoms with van der Waals surface area (Å²) in [6.45, 7) is 12.2. The van der Waals surface area contributed by atoms with Crippen molar-refractivity contribution in [2.75, 3.05) is 19.6 Å². The number of hydrogen-bond acceptors (Lipinski definition) is 3. The van der Waals surface area contributed by atoms with E-state index in [0.717, 1.165) is 42.7 Å². The Labute approximate surface area is 136 Å². The van der Waals surface area contributed by atoms with Crippen LogP contribution in [0.15, 0.2) is 17.6 Å². The summed E-state index contributed by atoms with van der Waals surface area (Å²) in [5, 5.41) is 7.53. The van der Waals surface area contributed by atoms with E-state index in [2.05, 4.69) is 41.0 Å². The maximum absolute atomic E-state index is 4.51. The predicted octanol–water partition coefficient (Wildman–Crippen LogP) is 2.66. The molecule has 0 aromatic carbocycles. The van der Waals surface area contributed by atoms with Gasteiger partial charge < -0.3 is 10.6 Å². The zero-order chi connectivity index (χ0) is 13.4. The summed E-state index contributed by atoms with van der Waals surface area (Å²) in [6.07, 6.45) is 2.71. The van der Waals surface area contributed by atoms with E-state index in [1.54, 1.807) is 11.3 Å². The average molecular weight is 394 g/mol. The Bertz CT molecular complexity index is 395. The minimum atomic E-state index is 0. The number of nitrogens with zero attached hydrogens (tertiary/aromatic N) is 2. The van der Waals surface area contributed by atoms with Gasteiger partial charge in [-0.25, -0.2) is 4.98 Å². The van der Waals surface area contributed by atoms with E-state index >= 15 is 0 Å². The van der Waals surface area contributed by atoms with Crippen molar-refractivity contribution in [3.05, 3.63) is 28.2 Å². The maximum Gasteiger partial charge on any atom is 0.191 e. The number of aliphatic imine (C=N–C) groups is 1. The molecule has 0 bridgehead atoms. The first kappa shape index (κ1) is 18.4. The molecule has 0 spiro atoms. The number of halogens is 1. The summed E-state index contributed by atoms with van der Waals surface area (Å²) < 4.78 is 0. The van der Waals surface area contributed by atoms with Crippen molar-refractivity contribution in [3.63, 3.8) is 0 Å². The quantitative estimate of drug-likeness (QED) is 0.338. The Morgan fingerprint density at radius 2 is 2.16 bits per heavy atom. The molecule has 0 amide bonds. The molecule has 1 aromatic rings. The van der Waals surface area contributed by atoms with Crippen LogP contribution < -0.4 is 10.6 Å². The molecule has 1 aromatic heterocycles. The number of aromatic nitrogens is 1. The summed E-state index contributed by atoms with van der Waals surface area (Å²) in [6, 6.07) is 0. The van der Waals surface area contributed by atoms with Crippen LogP contribution in [-0.4, -0.2) is 30.6 Å². The zero-order valence-corrected chi connectivity index (χ0v) is 15.0. The Morgan fingerprint density at radius 1 is 1.42 bits per heavy atom. The molecule has 0 aliphatic rings. The van der Waals surface area contributed by atoms with E-state index in [0.29, 0.717) is 0 Å².